The molecular weight excluding hydrogens is 225 g/mol. The third kappa shape index (κ3) is 5.09. The summed E-state index contributed by atoms with van der Waals surface area (Å²) in [5.41, 5.74) is 5.43. The van der Waals surface area contributed by atoms with Gasteiger partial charge in [-0.25, -0.2) is 0 Å². The van der Waals surface area contributed by atoms with Gasteiger partial charge in [0.25, 0.3) is 0 Å². The number of unbranched alkanes of at least 4 members (excludes halogenated alkanes) is 2. The topological polar surface area (TPSA) is 26.0 Å². The summed E-state index contributed by atoms with van der Waals surface area (Å²) in [6.07, 6.45) is 3.82. The molecule has 0 spiro atoms. The summed E-state index contributed by atoms with van der Waals surface area (Å²) in [5.74, 6) is 0. The molecule has 0 aliphatic carbocycles. The Morgan fingerprint density at radius 2 is 1.77 bits per heavy atom. The Kier molecular flexibility index (Phi) is 5.92. The second-order valence-electron chi connectivity index (χ2n) is 3.01. The summed E-state index contributed by atoms with van der Waals surface area (Å²) in [7, 11) is 0. The van der Waals surface area contributed by atoms with E-state index in [9.17, 15) is 0 Å². The van der Waals surface area contributed by atoms with Crippen LogP contribution in [-0.2, 0) is 0 Å². The van der Waals surface area contributed by atoms with Gasteiger partial charge in [0.05, 0.1) is 0 Å². The normalized spacial score (nSPS) is 10.2. The molecule has 1 aromatic carbocycles. The van der Waals surface area contributed by atoms with E-state index < -0.39 is 0 Å². The molecule has 2 N–H and O–H groups in total. The maximum atomic E-state index is 5.43. The van der Waals surface area contributed by atoms with Crippen molar-refractivity contribution in [2.45, 2.75) is 24.6 Å². The fraction of sp³-hybridized carbons (Fsp3) is 0.455. The van der Waals surface area contributed by atoms with Crippen LogP contribution >= 0.6 is 0 Å². The number of nitrogens with two attached hydrogens (primary N) is 1. The van der Waals surface area contributed by atoms with Crippen molar-refractivity contribution in [2.24, 2.45) is 5.73 Å². The van der Waals surface area contributed by atoms with Crippen LogP contribution < -0.4 is 10.2 Å². The Bertz CT molecular complexity index is 211. The SMILES string of the molecule is NCCCCC[Se]c1ccccc1. The summed E-state index contributed by atoms with van der Waals surface area (Å²) in [4.78, 5) is 0. The Morgan fingerprint density at radius 3 is 2.46 bits per heavy atom. The van der Waals surface area contributed by atoms with E-state index in [2.05, 4.69) is 30.3 Å². The van der Waals surface area contributed by atoms with Gasteiger partial charge in [0.2, 0.25) is 0 Å². The van der Waals surface area contributed by atoms with Gasteiger partial charge in [0.15, 0.2) is 0 Å². The number of rotatable bonds is 6. The molecule has 0 fully saturated rings. The average molecular weight is 242 g/mol. The van der Waals surface area contributed by atoms with Crippen LogP contribution in [0.4, 0.5) is 0 Å². The van der Waals surface area contributed by atoms with E-state index in [4.69, 9.17) is 5.73 Å². The minimum atomic E-state index is 0.676. The standard InChI is InChI=1S/C11H17NSe/c12-9-5-2-6-10-13-11-7-3-1-4-8-11/h1,3-4,7-8H,2,5-6,9-10,12H2. The van der Waals surface area contributed by atoms with Crippen molar-refractivity contribution in [1.29, 1.82) is 0 Å². The quantitative estimate of drug-likeness (QED) is 0.594. The minimum absolute atomic E-state index is 0.676. The van der Waals surface area contributed by atoms with Crippen molar-refractivity contribution in [1.82, 2.24) is 0 Å². The van der Waals surface area contributed by atoms with Gasteiger partial charge in [-0.2, -0.15) is 0 Å². The Hall–Kier alpha value is -0.301. The van der Waals surface area contributed by atoms with E-state index >= 15 is 0 Å². The first-order valence-electron chi connectivity index (χ1n) is 4.81. The molecule has 13 heavy (non-hydrogen) atoms. The summed E-state index contributed by atoms with van der Waals surface area (Å²) >= 11 is 0.676. The fourth-order valence-electron chi connectivity index (χ4n) is 1.13. The van der Waals surface area contributed by atoms with Crippen molar-refractivity contribution < 1.29 is 0 Å². The molecule has 0 aliphatic heterocycles. The van der Waals surface area contributed by atoms with E-state index in [0.29, 0.717) is 15.0 Å². The van der Waals surface area contributed by atoms with Gasteiger partial charge in [-0.1, -0.05) is 0 Å². The Balaban J connectivity index is 2.07. The van der Waals surface area contributed by atoms with E-state index in [1.54, 1.807) is 0 Å². The number of benzene rings is 1. The Morgan fingerprint density at radius 1 is 1.00 bits per heavy atom. The molecule has 1 nitrogen and oxygen atoms in total. The van der Waals surface area contributed by atoms with Gasteiger partial charge >= 0.3 is 86.6 Å². The first-order chi connectivity index (χ1) is 6.43. The van der Waals surface area contributed by atoms with E-state index in [1.807, 2.05) is 0 Å². The van der Waals surface area contributed by atoms with E-state index in [-0.39, 0.29) is 0 Å². The fourth-order valence-corrected chi connectivity index (χ4v) is 3.09. The van der Waals surface area contributed by atoms with Crippen LogP contribution in [-0.4, -0.2) is 21.5 Å². The second kappa shape index (κ2) is 7.14. The molecule has 0 amide bonds. The average Bonchev–Trinajstić information content (AvgIpc) is 2.19. The molecule has 0 saturated carbocycles. The molecular formula is C11H17NSe. The molecule has 0 aliphatic rings. The van der Waals surface area contributed by atoms with Crippen molar-refractivity contribution in [3.05, 3.63) is 30.3 Å². The van der Waals surface area contributed by atoms with Gasteiger partial charge in [-0.3, -0.25) is 0 Å². The molecule has 2 heteroatoms. The predicted molar refractivity (Wildman–Crippen MR) is 59.5 cm³/mol. The summed E-state index contributed by atoms with van der Waals surface area (Å²) in [5, 5.41) is 1.36. The third-order valence-corrected chi connectivity index (χ3v) is 4.16. The van der Waals surface area contributed by atoms with Gasteiger partial charge in [-0.15, -0.1) is 0 Å². The third-order valence-electron chi connectivity index (χ3n) is 1.86. The summed E-state index contributed by atoms with van der Waals surface area (Å²) in [6, 6.07) is 10.8. The predicted octanol–water partition coefficient (Wildman–Crippen LogP) is 1.56. The summed E-state index contributed by atoms with van der Waals surface area (Å²) in [6.45, 7) is 0.846. The van der Waals surface area contributed by atoms with Crippen LogP contribution in [0.5, 0.6) is 0 Å². The van der Waals surface area contributed by atoms with Crippen LogP contribution in [0.3, 0.4) is 0 Å². The van der Waals surface area contributed by atoms with Crippen LogP contribution in [0, 0.1) is 0 Å². The molecule has 0 atom stereocenters. The monoisotopic (exact) mass is 243 g/mol. The molecule has 0 radical (unpaired) electrons. The molecule has 0 bridgehead atoms. The molecule has 1 aromatic rings. The number of hydrogen-bond donors (Lipinski definition) is 1. The van der Waals surface area contributed by atoms with Crippen molar-refractivity contribution in [3.8, 4) is 0 Å². The van der Waals surface area contributed by atoms with Gasteiger partial charge in [0.1, 0.15) is 0 Å². The molecule has 0 heterocycles. The zero-order valence-corrected chi connectivity index (χ0v) is 9.62. The van der Waals surface area contributed by atoms with E-state index in [0.717, 1.165) is 6.54 Å². The first kappa shape index (κ1) is 10.8. The zero-order chi connectivity index (χ0) is 9.36. The maximum absolute atomic E-state index is 5.43. The molecule has 0 unspecified atom stereocenters. The Labute approximate surface area is 86.9 Å². The van der Waals surface area contributed by atoms with Crippen molar-refractivity contribution in [2.75, 3.05) is 6.54 Å². The molecule has 0 aromatic heterocycles. The molecule has 0 saturated heterocycles. The van der Waals surface area contributed by atoms with Crippen LogP contribution in [0.15, 0.2) is 30.3 Å². The van der Waals surface area contributed by atoms with Crippen LogP contribution in [0.1, 0.15) is 19.3 Å². The zero-order valence-electron chi connectivity index (χ0n) is 7.91. The molecule has 72 valence electrons. The van der Waals surface area contributed by atoms with Gasteiger partial charge in [-0.05, 0) is 0 Å². The molecule has 1 rings (SSSR count). The number of hydrogen-bond acceptors (Lipinski definition) is 1. The second-order valence-corrected chi connectivity index (χ2v) is 5.46. The van der Waals surface area contributed by atoms with Crippen molar-refractivity contribution in [3.63, 3.8) is 0 Å². The van der Waals surface area contributed by atoms with Crippen LogP contribution in [0.2, 0.25) is 5.32 Å². The summed E-state index contributed by atoms with van der Waals surface area (Å²) < 4.78 is 1.52. The van der Waals surface area contributed by atoms with Crippen LogP contribution in [0.25, 0.3) is 0 Å². The van der Waals surface area contributed by atoms with Gasteiger partial charge < -0.3 is 0 Å². The van der Waals surface area contributed by atoms with E-state index in [1.165, 1.54) is 29.0 Å². The van der Waals surface area contributed by atoms with Crippen molar-refractivity contribution >= 4 is 19.4 Å². The van der Waals surface area contributed by atoms with Gasteiger partial charge in [0, 0.05) is 0 Å². The first-order valence-corrected chi connectivity index (χ1v) is 6.88.